The molecule has 0 radical (unpaired) electrons. The standard InChI is InChI=1S/C26H25N5O.ClH/c27-15-23-8-5-20(16-28-23)21-6-9-25(29-17-21)26(32)30-22-7-4-18-10-12-31(24-2-1-3-24)13-11-19(18)14-22;/h4-9,14,16-17,24H,1-3,10-13H2,(H,30,32);1H. The van der Waals surface area contributed by atoms with E-state index in [0.29, 0.717) is 11.4 Å². The molecule has 3 aromatic rings. The monoisotopic (exact) mass is 459 g/mol. The van der Waals surface area contributed by atoms with E-state index in [-0.39, 0.29) is 18.3 Å². The first-order chi connectivity index (χ1) is 15.7. The van der Waals surface area contributed by atoms with Crippen molar-refractivity contribution >= 4 is 24.0 Å². The Kier molecular flexibility index (Phi) is 7.02. The molecule has 33 heavy (non-hydrogen) atoms. The van der Waals surface area contributed by atoms with Crippen LogP contribution in [-0.4, -0.2) is 39.9 Å². The van der Waals surface area contributed by atoms with Crippen LogP contribution in [0.25, 0.3) is 11.1 Å². The van der Waals surface area contributed by atoms with Crippen LogP contribution < -0.4 is 5.32 Å². The summed E-state index contributed by atoms with van der Waals surface area (Å²) < 4.78 is 0. The van der Waals surface area contributed by atoms with Crippen LogP contribution in [0.4, 0.5) is 5.69 Å². The van der Waals surface area contributed by atoms with Gasteiger partial charge in [-0.25, -0.2) is 4.98 Å². The predicted octanol–water partition coefficient (Wildman–Crippen LogP) is 4.64. The second kappa shape index (κ2) is 10.1. The third kappa shape index (κ3) is 5.05. The Hall–Kier alpha value is -3.27. The number of nitrogens with zero attached hydrogens (tertiary/aromatic N) is 4. The van der Waals surface area contributed by atoms with Crippen molar-refractivity contribution in [3.63, 3.8) is 0 Å². The molecule has 7 heteroatoms. The lowest BCUT2D eigenvalue weighted by molar-refractivity contribution is 0.102. The summed E-state index contributed by atoms with van der Waals surface area (Å²) in [5, 5.41) is 11.9. The zero-order valence-electron chi connectivity index (χ0n) is 18.3. The lowest BCUT2D eigenvalue weighted by atomic mass is 9.91. The first kappa shape index (κ1) is 22.9. The van der Waals surface area contributed by atoms with Crippen molar-refractivity contribution in [3.05, 3.63) is 77.4 Å². The highest BCUT2D eigenvalue weighted by atomic mass is 35.5. The molecule has 1 amide bonds. The van der Waals surface area contributed by atoms with Gasteiger partial charge in [0.15, 0.2) is 0 Å². The predicted molar refractivity (Wildman–Crippen MR) is 130 cm³/mol. The molecular weight excluding hydrogens is 434 g/mol. The van der Waals surface area contributed by atoms with Crippen LogP contribution in [0.15, 0.2) is 54.9 Å². The highest BCUT2D eigenvalue weighted by Crippen LogP contribution is 2.28. The van der Waals surface area contributed by atoms with Crippen LogP contribution in [-0.2, 0) is 12.8 Å². The average Bonchev–Trinajstić information content (AvgIpc) is 3.00. The fraction of sp³-hybridized carbons (Fsp3) is 0.308. The fourth-order valence-electron chi connectivity index (χ4n) is 4.46. The Balaban J connectivity index is 0.00000259. The largest absolute Gasteiger partial charge is 0.321 e. The number of rotatable bonds is 4. The third-order valence-corrected chi connectivity index (χ3v) is 6.60. The molecule has 3 heterocycles. The Morgan fingerprint density at radius 1 is 0.970 bits per heavy atom. The number of anilines is 1. The van der Waals surface area contributed by atoms with Gasteiger partial charge in [-0.2, -0.15) is 5.26 Å². The Labute approximate surface area is 200 Å². The van der Waals surface area contributed by atoms with Gasteiger partial charge in [-0.1, -0.05) is 18.6 Å². The van der Waals surface area contributed by atoms with Gasteiger partial charge in [-0.3, -0.25) is 14.7 Å². The number of fused-ring (bicyclic) bond motifs is 1. The SMILES string of the molecule is Cl.N#Cc1ccc(-c2ccc(C(=O)Nc3ccc4c(c3)CCN(C3CCC3)CC4)nc2)cn1. The summed E-state index contributed by atoms with van der Waals surface area (Å²) in [5.41, 5.74) is 5.97. The highest BCUT2D eigenvalue weighted by molar-refractivity contribution is 6.03. The Morgan fingerprint density at radius 3 is 2.30 bits per heavy atom. The molecule has 0 spiro atoms. The number of nitriles is 1. The molecule has 2 aromatic heterocycles. The van der Waals surface area contributed by atoms with Gasteiger partial charge in [0.25, 0.3) is 5.91 Å². The van der Waals surface area contributed by atoms with Crippen molar-refractivity contribution in [2.75, 3.05) is 18.4 Å². The minimum atomic E-state index is -0.223. The van der Waals surface area contributed by atoms with Gasteiger partial charge < -0.3 is 5.32 Å². The number of hydrogen-bond donors (Lipinski definition) is 1. The van der Waals surface area contributed by atoms with Crippen molar-refractivity contribution in [1.29, 1.82) is 5.26 Å². The number of amides is 1. The van der Waals surface area contributed by atoms with Crippen LogP contribution in [0.1, 0.15) is 46.6 Å². The van der Waals surface area contributed by atoms with Gasteiger partial charge in [0.1, 0.15) is 17.5 Å². The van der Waals surface area contributed by atoms with E-state index in [0.717, 1.165) is 48.8 Å². The van der Waals surface area contributed by atoms with Crippen LogP contribution in [0.2, 0.25) is 0 Å². The van der Waals surface area contributed by atoms with Gasteiger partial charge in [-0.05, 0) is 67.1 Å². The zero-order chi connectivity index (χ0) is 21.9. The van der Waals surface area contributed by atoms with Crippen molar-refractivity contribution < 1.29 is 4.79 Å². The van der Waals surface area contributed by atoms with Gasteiger partial charge in [-0.15, -0.1) is 12.4 Å². The molecule has 0 atom stereocenters. The summed E-state index contributed by atoms with van der Waals surface area (Å²) in [6.07, 6.45) is 9.44. The maximum absolute atomic E-state index is 12.7. The molecular formula is C26H26ClN5O. The van der Waals surface area contributed by atoms with Crippen molar-refractivity contribution in [2.45, 2.75) is 38.1 Å². The summed E-state index contributed by atoms with van der Waals surface area (Å²) in [5.74, 6) is -0.223. The van der Waals surface area contributed by atoms with E-state index in [1.807, 2.05) is 24.3 Å². The minimum absolute atomic E-state index is 0. The van der Waals surface area contributed by atoms with Crippen LogP contribution in [0, 0.1) is 11.3 Å². The van der Waals surface area contributed by atoms with Crippen LogP contribution >= 0.6 is 12.4 Å². The van der Waals surface area contributed by atoms with Gasteiger partial charge in [0.05, 0.1) is 0 Å². The van der Waals surface area contributed by atoms with Gasteiger partial charge in [0, 0.05) is 48.3 Å². The zero-order valence-corrected chi connectivity index (χ0v) is 19.1. The molecule has 1 N–H and O–H groups in total. The number of carbonyl (C=O) groups is 1. The lowest BCUT2D eigenvalue weighted by Gasteiger charge is -2.36. The fourth-order valence-corrected chi connectivity index (χ4v) is 4.46. The van der Waals surface area contributed by atoms with E-state index < -0.39 is 0 Å². The van der Waals surface area contributed by atoms with Crippen molar-refractivity contribution in [3.8, 4) is 17.2 Å². The molecule has 1 aromatic carbocycles. The number of pyridine rings is 2. The van der Waals surface area contributed by atoms with Crippen LogP contribution in [0.5, 0.6) is 0 Å². The van der Waals surface area contributed by atoms with E-state index in [1.165, 1.54) is 30.4 Å². The molecule has 1 aliphatic carbocycles. The van der Waals surface area contributed by atoms with Crippen molar-refractivity contribution in [1.82, 2.24) is 14.9 Å². The molecule has 1 saturated carbocycles. The molecule has 0 saturated heterocycles. The summed E-state index contributed by atoms with van der Waals surface area (Å²) in [4.78, 5) is 23.8. The van der Waals surface area contributed by atoms with E-state index in [1.54, 1.807) is 24.5 Å². The lowest BCUT2D eigenvalue weighted by Crippen LogP contribution is -2.41. The average molecular weight is 460 g/mol. The quantitative estimate of drug-likeness (QED) is 0.614. The molecule has 1 aliphatic heterocycles. The maximum Gasteiger partial charge on any atom is 0.274 e. The van der Waals surface area contributed by atoms with Gasteiger partial charge in [0.2, 0.25) is 0 Å². The topological polar surface area (TPSA) is 81.9 Å². The van der Waals surface area contributed by atoms with E-state index in [2.05, 4.69) is 32.3 Å². The maximum atomic E-state index is 12.7. The Bertz CT molecular complexity index is 1170. The summed E-state index contributed by atoms with van der Waals surface area (Å²) in [7, 11) is 0. The van der Waals surface area contributed by atoms with Crippen LogP contribution in [0.3, 0.4) is 0 Å². The number of hydrogen-bond acceptors (Lipinski definition) is 5. The summed E-state index contributed by atoms with van der Waals surface area (Å²) >= 11 is 0. The number of nitrogens with one attached hydrogen (secondary N) is 1. The molecule has 5 rings (SSSR count). The van der Waals surface area contributed by atoms with E-state index in [4.69, 9.17) is 5.26 Å². The van der Waals surface area contributed by atoms with E-state index >= 15 is 0 Å². The number of aromatic nitrogens is 2. The number of halogens is 1. The number of benzene rings is 1. The third-order valence-electron chi connectivity index (χ3n) is 6.60. The second-order valence-corrected chi connectivity index (χ2v) is 8.53. The first-order valence-electron chi connectivity index (χ1n) is 11.2. The summed E-state index contributed by atoms with van der Waals surface area (Å²) in [6, 6.07) is 16.1. The summed E-state index contributed by atoms with van der Waals surface area (Å²) in [6.45, 7) is 2.23. The molecule has 2 aliphatic rings. The van der Waals surface area contributed by atoms with E-state index in [9.17, 15) is 4.79 Å². The minimum Gasteiger partial charge on any atom is -0.321 e. The number of carbonyl (C=O) groups excluding carboxylic acids is 1. The Morgan fingerprint density at radius 2 is 1.70 bits per heavy atom. The smallest absolute Gasteiger partial charge is 0.274 e. The molecule has 1 fully saturated rings. The molecule has 168 valence electrons. The normalized spacial score (nSPS) is 15.8. The second-order valence-electron chi connectivity index (χ2n) is 8.53. The molecule has 0 bridgehead atoms. The molecule has 0 unspecified atom stereocenters. The highest BCUT2D eigenvalue weighted by Gasteiger charge is 2.26. The molecule has 6 nitrogen and oxygen atoms in total. The van der Waals surface area contributed by atoms with Gasteiger partial charge >= 0.3 is 0 Å². The van der Waals surface area contributed by atoms with Crippen molar-refractivity contribution in [2.24, 2.45) is 0 Å². The first-order valence-corrected chi connectivity index (χ1v) is 11.2.